The Morgan fingerprint density at radius 2 is 1.21 bits per heavy atom. The van der Waals surface area contributed by atoms with Crippen LogP contribution in [0.2, 0.25) is 0 Å². The molecule has 1 N–H and O–H groups in total. The monoisotopic (exact) mass is 515 g/mol. The van der Waals surface area contributed by atoms with Crippen LogP contribution in [0, 0.1) is 0 Å². The van der Waals surface area contributed by atoms with Gasteiger partial charge in [-0.1, -0.05) is 97.1 Å². The Balaban J connectivity index is 1.27. The average Bonchev–Trinajstić information content (AvgIpc) is 3.56. The summed E-state index contributed by atoms with van der Waals surface area (Å²) in [4.78, 5) is 0. The van der Waals surface area contributed by atoms with Gasteiger partial charge in [-0.3, -0.25) is 0 Å². The topological polar surface area (TPSA) is 12.0 Å². The van der Waals surface area contributed by atoms with Crippen molar-refractivity contribution in [3.05, 3.63) is 145 Å². The van der Waals surface area contributed by atoms with Crippen molar-refractivity contribution >= 4 is 42.9 Å². The summed E-state index contributed by atoms with van der Waals surface area (Å²) in [6.45, 7) is 0. The number of nitrogens with one attached hydrogen (secondary N) is 1. The molecule has 1 aliphatic carbocycles. The highest BCUT2D eigenvalue weighted by molar-refractivity contribution is 7.26. The Morgan fingerprint density at radius 1 is 0.462 bits per heavy atom. The zero-order valence-electron chi connectivity index (χ0n) is 21.3. The second kappa shape index (κ2) is 8.97. The standard InChI is InChI=1S/C37H25NS/c1-2-9-24(10-3-1)27-20-28(32-14-8-15-34-33-13-6-7-16-36(33)39-37(32)34)22-30(21-27)38-29-18-17-26-19-25-11-4-5-12-31(25)35(26)23-29/h1-18,20-23,38H,19H2. The molecular formula is C37H25NS. The van der Waals surface area contributed by atoms with Crippen molar-refractivity contribution < 1.29 is 0 Å². The first kappa shape index (κ1) is 22.3. The van der Waals surface area contributed by atoms with E-state index in [0.29, 0.717) is 0 Å². The van der Waals surface area contributed by atoms with E-state index < -0.39 is 0 Å². The van der Waals surface area contributed by atoms with Crippen LogP contribution in [0.15, 0.2) is 133 Å². The van der Waals surface area contributed by atoms with Gasteiger partial charge in [0.1, 0.15) is 0 Å². The fraction of sp³-hybridized carbons (Fsp3) is 0.0270. The molecule has 0 fully saturated rings. The van der Waals surface area contributed by atoms with Gasteiger partial charge in [-0.25, -0.2) is 0 Å². The molecule has 39 heavy (non-hydrogen) atoms. The maximum atomic E-state index is 3.76. The molecule has 0 atom stereocenters. The molecule has 7 aromatic rings. The first-order valence-corrected chi connectivity index (χ1v) is 14.2. The average molecular weight is 516 g/mol. The molecule has 0 aliphatic heterocycles. The predicted molar refractivity (Wildman–Crippen MR) is 168 cm³/mol. The number of fused-ring (bicyclic) bond motifs is 6. The van der Waals surface area contributed by atoms with Crippen molar-refractivity contribution in [2.75, 3.05) is 5.32 Å². The minimum Gasteiger partial charge on any atom is -0.355 e. The Kier molecular flexibility index (Phi) is 5.14. The van der Waals surface area contributed by atoms with Gasteiger partial charge < -0.3 is 5.32 Å². The molecule has 2 heteroatoms. The molecule has 1 heterocycles. The third-order valence-corrected chi connectivity index (χ3v) is 9.06. The van der Waals surface area contributed by atoms with Crippen LogP contribution in [0.3, 0.4) is 0 Å². The van der Waals surface area contributed by atoms with E-state index in [2.05, 4.69) is 139 Å². The van der Waals surface area contributed by atoms with Crippen molar-refractivity contribution in [2.45, 2.75) is 6.42 Å². The molecule has 8 rings (SSSR count). The van der Waals surface area contributed by atoms with Gasteiger partial charge in [0, 0.05) is 31.5 Å². The van der Waals surface area contributed by atoms with Crippen LogP contribution in [-0.4, -0.2) is 0 Å². The van der Waals surface area contributed by atoms with Crippen LogP contribution in [-0.2, 0) is 6.42 Å². The lowest BCUT2D eigenvalue weighted by atomic mass is 9.96. The number of anilines is 2. The van der Waals surface area contributed by atoms with E-state index in [1.165, 1.54) is 64.7 Å². The molecule has 0 bridgehead atoms. The predicted octanol–water partition coefficient (Wildman–Crippen LogP) is 10.7. The maximum absolute atomic E-state index is 3.76. The fourth-order valence-electron chi connectivity index (χ4n) is 6.00. The summed E-state index contributed by atoms with van der Waals surface area (Å²) in [5, 5.41) is 6.42. The van der Waals surface area contributed by atoms with Crippen LogP contribution >= 0.6 is 11.3 Å². The molecule has 1 nitrogen and oxygen atoms in total. The van der Waals surface area contributed by atoms with Gasteiger partial charge in [0.2, 0.25) is 0 Å². The van der Waals surface area contributed by atoms with E-state index in [1.54, 1.807) is 0 Å². The lowest BCUT2D eigenvalue weighted by Gasteiger charge is -2.14. The second-order valence-corrected chi connectivity index (χ2v) is 11.3. The normalized spacial score (nSPS) is 12.0. The highest BCUT2D eigenvalue weighted by atomic mass is 32.1. The highest BCUT2D eigenvalue weighted by Gasteiger charge is 2.18. The van der Waals surface area contributed by atoms with E-state index in [9.17, 15) is 0 Å². The van der Waals surface area contributed by atoms with Gasteiger partial charge in [-0.2, -0.15) is 0 Å². The smallest absolute Gasteiger partial charge is 0.0433 e. The lowest BCUT2D eigenvalue weighted by molar-refractivity contribution is 1.26. The number of benzene rings is 6. The van der Waals surface area contributed by atoms with Crippen LogP contribution in [0.25, 0.3) is 53.6 Å². The van der Waals surface area contributed by atoms with Crippen molar-refractivity contribution in [3.8, 4) is 33.4 Å². The Hall–Kier alpha value is -4.66. The Morgan fingerprint density at radius 3 is 2.15 bits per heavy atom. The minimum absolute atomic E-state index is 1.01. The summed E-state index contributed by atoms with van der Waals surface area (Å²) >= 11 is 1.88. The summed E-state index contributed by atoms with van der Waals surface area (Å²) in [7, 11) is 0. The SMILES string of the molecule is c1ccc(-c2cc(Nc3ccc4c(c3)-c3ccccc3C4)cc(-c3cccc4c3sc3ccccc34)c2)cc1. The Labute approximate surface area is 232 Å². The van der Waals surface area contributed by atoms with E-state index >= 15 is 0 Å². The van der Waals surface area contributed by atoms with Crippen LogP contribution in [0.1, 0.15) is 11.1 Å². The van der Waals surface area contributed by atoms with Gasteiger partial charge in [0.05, 0.1) is 0 Å². The second-order valence-electron chi connectivity index (χ2n) is 10.3. The van der Waals surface area contributed by atoms with Crippen molar-refractivity contribution in [1.82, 2.24) is 0 Å². The Bertz CT molecular complexity index is 2020. The third kappa shape index (κ3) is 3.84. The summed E-state index contributed by atoms with van der Waals surface area (Å²) in [6, 6.07) is 48.6. The molecule has 0 saturated carbocycles. The fourth-order valence-corrected chi connectivity index (χ4v) is 7.23. The van der Waals surface area contributed by atoms with Crippen molar-refractivity contribution in [1.29, 1.82) is 0 Å². The number of hydrogen-bond acceptors (Lipinski definition) is 2. The lowest BCUT2D eigenvalue weighted by Crippen LogP contribution is -1.93. The zero-order chi connectivity index (χ0) is 25.8. The quantitative estimate of drug-likeness (QED) is 0.246. The zero-order valence-corrected chi connectivity index (χ0v) is 22.1. The summed E-state index contributed by atoms with van der Waals surface area (Å²) in [5.41, 5.74) is 12.6. The number of hydrogen-bond donors (Lipinski definition) is 1. The molecule has 0 spiro atoms. The van der Waals surface area contributed by atoms with Crippen LogP contribution in [0.4, 0.5) is 11.4 Å². The maximum Gasteiger partial charge on any atom is 0.0433 e. The van der Waals surface area contributed by atoms with Crippen molar-refractivity contribution in [2.24, 2.45) is 0 Å². The van der Waals surface area contributed by atoms with Crippen LogP contribution < -0.4 is 5.32 Å². The number of rotatable bonds is 4. The summed E-state index contributed by atoms with van der Waals surface area (Å²) in [5.74, 6) is 0. The van der Waals surface area contributed by atoms with Gasteiger partial charge in [-0.15, -0.1) is 11.3 Å². The molecule has 1 aromatic heterocycles. The van der Waals surface area contributed by atoms with E-state index in [0.717, 1.165) is 17.8 Å². The highest BCUT2D eigenvalue weighted by Crippen LogP contribution is 2.42. The first-order chi connectivity index (χ1) is 19.3. The van der Waals surface area contributed by atoms with Gasteiger partial charge >= 0.3 is 0 Å². The molecular weight excluding hydrogens is 490 g/mol. The first-order valence-electron chi connectivity index (χ1n) is 13.4. The molecule has 6 aromatic carbocycles. The molecule has 184 valence electrons. The third-order valence-electron chi connectivity index (χ3n) is 7.84. The van der Waals surface area contributed by atoms with Crippen LogP contribution in [0.5, 0.6) is 0 Å². The molecule has 0 unspecified atom stereocenters. The molecule has 1 aliphatic rings. The largest absolute Gasteiger partial charge is 0.355 e. The van der Waals surface area contributed by atoms with Gasteiger partial charge in [0.25, 0.3) is 0 Å². The molecule has 0 amide bonds. The molecule has 0 saturated heterocycles. The summed E-state index contributed by atoms with van der Waals surface area (Å²) < 4.78 is 2.67. The summed E-state index contributed by atoms with van der Waals surface area (Å²) in [6.07, 6.45) is 1.01. The minimum atomic E-state index is 1.01. The van der Waals surface area contributed by atoms with E-state index in [1.807, 2.05) is 11.3 Å². The number of thiophene rings is 1. The molecule has 0 radical (unpaired) electrons. The van der Waals surface area contributed by atoms with Crippen molar-refractivity contribution in [3.63, 3.8) is 0 Å². The van der Waals surface area contributed by atoms with Gasteiger partial charge in [0.15, 0.2) is 0 Å². The van der Waals surface area contributed by atoms with E-state index in [4.69, 9.17) is 0 Å². The van der Waals surface area contributed by atoms with Gasteiger partial charge in [-0.05, 0) is 87.3 Å². The van der Waals surface area contributed by atoms with E-state index in [-0.39, 0.29) is 0 Å².